The van der Waals surface area contributed by atoms with Crippen LogP contribution >= 0.6 is 0 Å². The summed E-state index contributed by atoms with van der Waals surface area (Å²) in [6.45, 7) is 13.5. The molecule has 0 aromatic heterocycles. The molecule has 0 N–H and O–H groups in total. The van der Waals surface area contributed by atoms with Crippen molar-refractivity contribution in [3.8, 4) is 0 Å². The highest BCUT2D eigenvalue weighted by Gasteiger charge is 2.44. The zero-order chi connectivity index (χ0) is 13.7. The van der Waals surface area contributed by atoms with Crippen molar-refractivity contribution >= 4 is 12.1 Å². The van der Waals surface area contributed by atoms with Gasteiger partial charge in [0.05, 0.1) is 12.2 Å². The molecule has 0 aliphatic carbocycles. The van der Waals surface area contributed by atoms with Crippen molar-refractivity contribution in [3.63, 3.8) is 0 Å². The molecule has 3 nitrogen and oxygen atoms in total. The largest absolute Gasteiger partial charge is 0.305 e. The molecule has 2 heterocycles. The molecule has 2 aliphatic rings. The summed E-state index contributed by atoms with van der Waals surface area (Å²) in [6, 6.07) is 0. The highest BCUT2D eigenvalue weighted by molar-refractivity contribution is 5.94. The Hall–Kier alpha value is -1.12. The first-order valence-corrected chi connectivity index (χ1v) is 6.68. The zero-order valence-electron chi connectivity index (χ0n) is 12.4. The van der Waals surface area contributed by atoms with Gasteiger partial charge >= 0.3 is 0 Å². The summed E-state index contributed by atoms with van der Waals surface area (Å²) >= 11 is 0. The maximum Gasteiger partial charge on any atom is 0.231 e. The zero-order valence-corrected chi connectivity index (χ0v) is 12.4. The predicted molar refractivity (Wildman–Crippen MR) is 74.5 cm³/mol. The van der Waals surface area contributed by atoms with Crippen molar-refractivity contribution in [2.24, 2.45) is 16.3 Å². The summed E-state index contributed by atoms with van der Waals surface area (Å²) in [5.41, 5.74) is 2.19. The molecule has 1 amide bonds. The van der Waals surface area contributed by atoms with Crippen LogP contribution in [0.5, 0.6) is 0 Å². The highest BCUT2D eigenvalue weighted by Crippen LogP contribution is 2.41. The molecule has 0 aromatic carbocycles. The van der Waals surface area contributed by atoms with Crippen LogP contribution in [-0.4, -0.2) is 29.1 Å². The first kappa shape index (κ1) is 13.3. The molecule has 0 bridgehead atoms. The molecule has 0 spiro atoms. The number of rotatable bonds is 0. The Kier molecular flexibility index (Phi) is 2.91. The van der Waals surface area contributed by atoms with Gasteiger partial charge in [-0.2, -0.15) is 0 Å². The van der Waals surface area contributed by atoms with Crippen molar-refractivity contribution in [1.29, 1.82) is 0 Å². The summed E-state index contributed by atoms with van der Waals surface area (Å²) in [5, 5.41) is 0. The van der Waals surface area contributed by atoms with Crippen molar-refractivity contribution in [1.82, 2.24) is 4.90 Å². The summed E-state index contributed by atoms with van der Waals surface area (Å²) in [7, 11) is 0. The molecule has 3 heteroatoms. The van der Waals surface area contributed by atoms with Crippen LogP contribution in [0.3, 0.4) is 0 Å². The molecule has 2 rings (SSSR count). The summed E-state index contributed by atoms with van der Waals surface area (Å²) in [4.78, 5) is 19.1. The second-order valence-corrected chi connectivity index (χ2v) is 7.43. The van der Waals surface area contributed by atoms with Gasteiger partial charge in [-0.3, -0.25) is 9.79 Å². The molecule has 1 atom stereocenters. The highest BCUT2D eigenvalue weighted by atomic mass is 16.2. The Morgan fingerprint density at radius 1 is 1.22 bits per heavy atom. The van der Waals surface area contributed by atoms with Gasteiger partial charge in [0.25, 0.3) is 0 Å². The number of carbonyl (C=O) groups excluding carboxylic acids is 1. The number of carbonyl (C=O) groups is 1. The standard InChI is InChI=1S/C15H24N2O/c1-14(2,3)11-7-10-8-16-9-12(10)17(13(11)18)15(4,5)6/h9,11H,7-8H2,1-6H3. The number of amides is 1. The lowest BCUT2D eigenvalue weighted by atomic mass is 9.73. The van der Waals surface area contributed by atoms with Gasteiger partial charge in [-0.05, 0) is 38.2 Å². The quantitative estimate of drug-likeness (QED) is 0.648. The van der Waals surface area contributed by atoms with Gasteiger partial charge in [0.15, 0.2) is 0 Å². The fourth-order valence-electron chi connectivity index (χ4n) is 2.78. The van der Waals surface area contributed by atoms with E-state index in [0.29, 0.717) is 0 Å². The van der Waals surface area contributed by atoms with E-state index in [1.165, 1.54) is 5.57 Å². The Morgan fingerprint density at radius 2 is 1.83 bits per heavy atom. The number of aliphatic imine (C=N–C) groups is 1. The van der Waals surface area contributed by atoms with Crippen LogP contribution in [0.2, 0.25) is 0 Å². The third-order valence-electron chi connectivity index (χ3n) is 3.78. The van der Waals surface area contributed by atoms with Crippen LogP contribution in [-0.2, 0) is 4.79 Å². The Balaban J connectivity index is 2.46. The number of hydrogen-bond donors (Lipinski definition) is 0. The maximum atomic E-state index is 12.8. The monoisotopic (exact) mass is 248 g/mol. The second-order valence-electron chi connectivity index (χ2n) is 7.43. The van der Waals surface area contributed by atoms with Gasteiger partial charge < -0.3 is 4.90 Å². The van der Waals surface area contributed by atoms with Crippen molar-refractivity contribution in [3.05, 3.63) is 11.3 Å². The van der Waals surface area contributed by atoms with Gasteiger partial charge in [0, 0.05) is 17.7 Å². The predicted octanol–water partition coefficient (Wildman–Crippen LogP) is 3.02. The van der Waals surface area contributed by atoms with E-state index < -0.39 is 0 Å². The number of allylic oxidation sites excluding steroid dienone is 1. The Morgan fingerprint density at radius 3 is 2.33 bits per heavy atom. The van der Waals surface area contributed by atoms with Crippen LogP contribution in [0.1, 0.15) is 48.0 Å². The lowest BCUT2D eigenvalue weighted by Gasteiger charge is -2.45. The van der Waals surface area contributed by atoms with Gasteiger partial charge in [0.2, 0.25) is 5.91 Å². The lowest BCUT2D eigenvalue weighted by molar-refractivity contribution is -0.142. The average Bonchev–Trinajstić information content (AvgIpc) is 2.59. The minimum atomic E-state index is -0.183. The van der Waals surface area contributed by atoms with E-state index in [9.17, 15) is 4.79 Å². The first-order valence-electron chi connectivity index (χ1n) is 6.68. The topological polar surface area (TPSA) is 32.7 Å². The normalized spacial score (nSPS) is 24.9. The van der Waals surface area contributed by atoms with Crippen LogP contribution in [0, 0.1) is 11.3 Å². The van der Waals surface area contributed by atoms with Gasteiger partial charge in [-0.1, -0.05) is 20.8 Å². The van der Waals surface area contributed by atoms with Crippen molar-refractivity contribution in [2.75, 3.05) is 6.54 Å². The minimum absolute atomic E-state index is 0.00169. The van der Waals surface area contributed by atoms with E-state index in [1.807, 2.05) is 11.1 Å². The number of hydrogen-bond acceptors (Lipinski definition) is 2. The summed E-state index contributed by atoms with van der Waals surface area (Å²) in [5.74, 6) is 0.319. The molecule has 100 valence electrons. The van der Waals surface area contributed by atoms with Crippen molar-refractivity contribution in [2.45, 2.75) is 53.5 Å². The van der Waals surface area contributed by atoms with E-state index in [0.717, 1.165) is 18.7 Å². The molecule has 0 saturated carbocycles. The van der Waals surface area contributed by atoms with E-state index in [2.05, 4.69) is 46.5 Å². The summed E-state index contributed by atoms with van der Waals surface area (Å²) in [6.07, 6.45) is 2.74. The molecule has 0 aromatic rings. The third-order valence-corrected chi connectivity index (χ3v) is 3.78. The van der Waals surface area contributed by atoms with Crippen LogP contribution in [0.4, 0.5) is 0 Å². The SMILES string of the molecule is CC(C)(C)C1CC2=C(C=NC2)N(C(C)(C)C)C1=O. The minimum Gasteiger partial charge on any atom is -0.305 e. The van der Waals surface area contributed by atoms with Gasteiger partial charge in [-0.15, -0.1) is 0 Å². The molecule has 1 unspecified atom stereocenters. The molecule has 18 heavy (non-hydrogen) atoms. The van der Waals surface area contributed by atoms with Crippen LogP contribution < -0.4 is 0 Å². The smallest absolute Gasteiger partial charge is 0.231 e. The average molecular weight is 248 g/mol. The molecule has 0 radical (unpaired) electrons. The second kappa shape index (κ2) is 3.94. The van der Waals surface area contributed by atoms with Gasteiger partial charge in [0.1, 0.15) is 0 Å². The first-order chi connectivity index (χ1) is 8.12. The molecule has 2 aliphatic heterocycles. The van der Waals surface area contributed by atoms with Crippen molar-refractivity contribution < 1.29 is 4.79 Å². The fourth-order valence-corrected chi connectivity index (χ4v) is 2.78. The third kappa shape index (κ3) is 2.11. The van der Waals surface area contributed by atoms with E-state index in [1.54, 1.807) is 0 Å². The Bertz CT molecular complexity index is 432. The molecule has 0 saturated heterocycles. The van der Waals surface area contributed by atoms with E-state index >= 15 is 0 Å². The molecular weight excluding hydrogens is 224 g/mol. The van der Waals surface area contributed by atoms with Crippen LogP contribution in [0.25, 0.3) is 0 Å². The van der Waals surface area contributed by atoms with Crippen LogP contribution in [0.15, 0.2) is 16.3 Å². The maximum absolute atomic E-state index is 12.8. The van der Waals surface area contributed by atoms with E-state index in [-0.39, 0.29) is 22.8 Å². The molecular formula is C15H24N2O. The fraction of sp³-hybridized carbons (Fsp3) is 0.733. The summed E-state index contributed by atoms with van der Waals surface area (Å²) < 4.78 is 0. The molecule has 0 fully saturated rings. The lowest BCUT2D eigenvalue weighted by Crippen LogP contribution is -2.52. The number of nitrogens with zero attached hydrogens (tertiary/aromatic N) is 2. The Labute approximate surface area is 110 Å². The van der Waals surface area contributed by atoms with E-state index in [4.69, 9.17) is 0 Å². The van der Waals surface area contributed by atoms with Gasteiger partial charge in [-0.25, -0.2) is 0 Å².